The number of hydrogen-bond acceptors (Lipinski definition) is 8. The van der Waals surface area contributed by atoms with Gasteiger partial charge < -0.3 is 9.80 Å². The highest BCUT2D eigenvalue weighted by molar-refractivity contribution is 5.53. The number of anilines is 2. The van der Waals surface area contributed by atoms with E-state index in [9.17, 15) is 5.26 Å². The quantitative estimate of drug-likeness (QED) is 0.696. The summed E-state index contributed by atoms with van der Waals surface area (Å²) in [4.78, 5) is 4.08. The van der Waals surface area contributed by atoms with E-state index in [1.807, 2.05) is 35.6 Å². The summed E-state index contributed by atoms with van der Waals surface area (Å²) in [6, 6.07) is 7.76. The molecular formula is C17H19N9. The molecule has 3 aromatic heterocycles. The third-order valence-corrected chi connectivity index (χ3v) is 4.71. The van der Waals surface area contributed by atoms with Crippen LogP contribution in [0, 0.1) is 11.3 Å². The molecule has 0 atom stereocenters. The molecule has 9 heteroatoms. The Morgan fingerprint density at radius 3 is 2.65 bits per heavy atom. The number of fused-ring (bicyclic) bond motifs is 1. The number of nitrogens with zero attached hydrogens (tertiary/aromatic N) is 9. The van der Waals surface area contributed by atoms with Gasteiger partial charge in [0.05, 0.1) is 11.8 Å². The van der Waals surface area contributed by atoms with Gasteiger partial charge in [0.25, 0.3) is 0 Å². The van der Waals surface area contributed by atoms with Crippen LogP contribution < -0.4 is 9.80 Å². The zero-order valence-electron chi connectivity index (χ0n) is 14.7. The third-order valence-electron chi connectivity index (χ3n) is 4.71. The fraction of sp³-hybridized carbons (Fsp3) is 0.412. The zero-order valence-corrected chi connectivity index (χ0v) is 14.7. The molecule has 3 aromatic rings. The second-order valence-electron chi connectivity index (χ2n) is 6.56. The average Bonchev–Trinajstić information content (AvgIpc) is 3.11. The van der Waals surface area contributed by atoms with Crippen molar-refractivity contribution in [2.75, 3.05) is 37.0 Å². The minimum Gasteiger partial charge on any atom is -0.361 e. The monoisotopic (exact) mass is 349 g/mol. The topological polar surface area (TPSA) is 99.1 Å². The van der Waals surface area contributed by atoms with Crippen LogP contribution in [-0.4, -0.2) is 57.2 Å². The van der Waals surface area contributed by atoms with Gasteiger partial charge in [0.2, 0.25) is 0 Å². The van der Waals surface area contributed by atoms with Crippen LogP contribution in [0.1, 0.15) is 30.1 Å². The van der Waals surface area contributed by atoms with E-state index in [2.05, 4.69) is 36.5 Å². The van der Waals surface area contributed by atoms with Crippen molar-refractivity contribution < 1.29 is 0 Å². The van der Waals surface area contributed by atoms with Crippen molar-refractivity contribution in [1.82, 2.24) is 30.0 Å². The van der Waals surface area contributed by atoms with Crippen LogP contribution in [0.2, 0.25) is 0 Å². The van der Waals surface area contributed by atoms with Crippen LogP contribution in [0.15, 0.2) is 24.4 Å². The van der Waals surface area contributed by atoms with E-state index < -0.39 is 0 Å². The Hall–Kier alpha value is -3.28. The standard InChI is InChI=1S/C17H19N9/c1-24(2)15-4-3-14-20-22-17(26(14)23-15)12-6-9-25(10-7-12)16-13(11-18)5-8-19-21-16/h3-5,8,12H,6-7,9-10H2,1-2H3. The van der Waals surface area contributed by atoms with E-state index in [1.165, 1.54) is 0 Å². The van der Waals surface area contributed by atoms with Crippen molar-refractivity contribution in [3.05, 3.63) is 35.8 Å². The van der Waals surface area contributed by atoms with Crippen molar-refractivity contribution >= 4 is 17.3 Å². The molecule has 26 heavy (non-hydrogen) atoms. The van der Waals surface area contributed by atoms with Gasteiger partial charge in [-0.05, 0) is 31.0 Å². The molecule has 0 aliphatic carbocycles. The molecule has 9 nitrogen and oxygen atoms in total. The van der Waals surface area contributed by atoms with Gasteiger partial charge in [-0.1, -0.05) is 0 Å². The fourth-order valence-corrected chi connectivity index (χ4v) is 3.28. The molecule has 0 spiro atoms. The van der Waals surface area contributed by atoms with Crippen molar-refractivity contribution in [3.63, 3.8) is 0 Å². The molecule has 132 valence electrons. The molecule has 1 aliphatic rings. The largest absolute Gasteiger partial charge is 0.361 e. The average molecular weight is 349 g/mol. The molecule has 0 unspecified atom stereocenters. The van der Waals surface area contributed by atoms with E-state index in [0.29, 0.717) is 11.4 Å². The summed E-state index contributed by atoms with van der Waals surface area (Å²) in [6.07, 6.45) is 3.34. The van der Waals surface area contributed by atoms with E-state index >= 15 is 0 Å². The van der Waals surface area contributed by atoms with Crippen LogP contribution in [0.5, 0.6) is 0 Å². The summed E-state index contributed by atoms with van der Waals surface area (Å²) in [6.45, 7) is 1.58. The Kier molecular flexibility index (Phi) is 4.08. The molecule has 4 rings (SSSR count). The molecule has 4 heterocycles. The predicted molar refractivity (Wildman–Crippen MR) is 96.0 cm³/mol. The predicted octanol–water partition coefficient (Wildman–Crippen LogP) is 1.24. The number of rotatable bonds is 3. The van der Waals surface area contributed by atoms with E-state index in [-0.39, 0.29) is 5.92 Å². The molecule has 0 radical (unpaired) electrons. The van der Waals surface area contributed by atoms with Gasteiger partial charge in [-0.25, -0.2) is 0 Å². The smallest absolute Gasteiger partial charge is 0.178 e. The molecule has 1 saturated heterocycles. The second-order valence-corrected chi connectivity index (χ2v) is 6.56. The van der Waals surface area contributed by atoms with Gasteiger partial charge in [-0.15, -0.1) is 20.4 Å². The number of hydrogen-bond donors (Lipinski definition) is 0. The first-order chi connectivity index (χ1) is 12.7. The summed E-state index contributed by atoms with van der Waals surface area (Å²) < 4.78 is 1.85. The summed E-state index contributed by atoms with van der Waals surface area (Å²) in [5.74, 6) is 2.69. The fourth-order valence-electron chi connectivity index (χ4n) is 3.28. The Bertz CT molecular complexity index is 964. The summed E-state index contributed by atoms with van der Waals surface area (Å²) in [7, 11) is 3.93. The number of nitriles is 1. The lowest BCUT2D eigenvalue weighted by Gasteiger charge is -2.31. The minimum absolute atomic E-state index is 0.272. The maximum absolute atomic E-state index is 9.26. The minimum atomic E-state index is 0.272. The van der Waals surface area contributed by atoms with E-state index in [1.54, 1.807) is 12.3 Å². The van der Waals surface area contributed by atoms with Crippen LogP contribution in [0.25, 0.3) is 5.65 Å². The van der Waals surface area contributed by atoms with Gasteiger partial charge in [0.1, 0.15) is 11.9 Å². The molecule has 1 fully saturated rings. The molecular weight excluding hydrogens is 330 g/mol. The Labute approximate surface area is 150 Å². The van der Waals surface area contributed by atoms with Crippen LogP contribution in [0.4, 0.5) is 11.6 Å². The van der Waals surface area contributed by atoms with E-state index in [0.717, 1.165) is 43.2 Å². The first-order valence-electron chi connectivity index (χ1n) is 8.54. The van der Waals surface area contributed by atoms with Gasteiger partial charge in [0.15, 0.2) is 17.3 Å². The summed E-state index contributed by atoms with van der Waals surface area (Å²) in [5.41, 5.74) is 1.32. The van der Waals surface area contributed by atoms with Crippen molar-refractivity contribution in [2.24, 2.45) is 0 Å². The Morgan fingerprint density at radius 1 is 1.12 bits per heavy atom. The van der Waals surface area contributed by atoms with Crippen LogP contribution in [0.3, 0.4) is 0 Å². The highest BCUT2D eigenvalue weighted by atomic mass is 15.4. The maximum Gasteiger partial charge on any atom is 0.178 e. The Balaban J connectivity index is 1.56. The summed E-state index contributed by atoms with van der Waals surface area (Å²) >= 11 is 0. The first-order valence-corrected chi connectivity index (χ1v) is 8.54. The lowest BCUT2D eigenvalue weighted by atomic mass is 9.96. The molecule has 0 amide bonds. The third kappa shape index (κ3) is 2.79. The molecule has 1 aliphatic heterocycles. The van der Waals surface area contributed by atoms with Crippen molar-refractivity contribution in [2.45, 2.75) is 18.8 Å². The van der Waals surface area contributed by atoms with E-state index in [4.69, 9.17) is 0 Å². The van der Waals surface area contributed by atoms with Gasteiger partial charge >= 0.3 is 0 Å². The van der Waals surface area contributed by atoms with Crippen LogP contribution >= 0.6 is 0 Å². The zero-order chi connectivity index (χ0) is 18.1. The first kappa shape index (κ1) is 16.2. The van der Waals surface area contributed by atoms with Crippen molar-refractivity contribution in [1.29, 1.82) is 5.26 Å². The normalized spacial score (nSPS) is 15.2. The molecule has 0 saturated carbocycles. The highest BCUT2D eigenvalue weighted by Crippen LogP contribution is 2.30. The summed E-state index contributed by atoms with van der Waals surface area (Å²) in [5, 5.41) is 30.6. The molecule has 0 bridgehead atoms. The van der Waals surface area contributed by atoms with Gasteiger partial charge in [0, 0.05) is 33.1 Å². The number of aromatic nitrogens is 6. The van der Waals surface area contributed by atoms with Crippen LogP contribution in [-0.2, 0) is 0 Å². The maximum atomic E-state index is 9.26. The molecule has 0 aromatic carbocycles. The Morgan fingerprint density at radius 2 is 1.92 bits per heavy atom. The second kappa shape index (κ2) is 6.55. The number of piperidine rings is 1. The van der Waals surface area contributed by atoms with Crippen molar-refractivity contribution in [3.8, 4) is 6.07 Å². The lowest BCUT2D eigenvalue weighted by molar-refractivity contribution is 0.474. The molecule has 0 N–H and O–H groups in total. The lowest BCUT2D eigenvalue weighted by Crippen LogP contribution is -2.34. The SMILES string of the molecule is CN(C)c1ccc2nnc(C3CCN(c4nnccc4C#N)CC3)n2n1. The highest BCUT2D eigenvalue weighted by Gasteiger charge is 2.27. The van der Waals surface area contributed by atoms with Gasteiger partial charge in [-0.2, -0.15) is 14.9 Å². The van der Waals surface area contributed by atoms with Gasteiger partial charge in [-0.3, -0.25) is 0 Å².